The van der Waals surface area contributed by atoms with E-state index in [1.165, 1.54) is 0 Å². The second kappa shape index (κ2) is 6.65. The number of rotatable bonds is 5. The van der Waals surface area contributed by atoms with Gasteiger partial charge in [-0.1, -0.05) is 51.1 Å². The van der Waals surface area contributed by atoms with E-state index in [-0.39, 0.29) is 23.3 Å². The van der Waals surface area contributed by atoms with Crippen LogP contribution in [0.4, 0.5) is 4.79 Å². The van der Waals surface area contributed by atoms with Crippen molar-refractivity contribution in [1.82, 2.24) is 4.90 Å². The molecule has 0 saturated carbocycles. The third-order valence-electron chi connectivity index (χ3n) is 5.13. The average Bonchev–Trinajstić information content (AvgIpc) is 2.73. The monoisotopic (exact) mass is 335 g/mol. The fourth-order valence-corrected chi connectivity index (χ4v) is 3.35. The van der Waals surface area contributed by atoms with E-state index in [1.807, 2.05) is 37.3 Å². The molecule has 1 aromatic rings. The SMILES string of the molecule is C[C@H]1[C@@H](CO[Si](C)(C)C(C)(C)C)OC(=O)N1Cc1ccccc1. The number of ether oxygens (including phenoxy) is 1. The molecule has 0 bridgehead atoms. The van der Waals surface area contributed by atoms with Crippen LogP contribution in [0.25, 0.3) is 0 Å². The molecule has 5 heteroatoms. The lowest BCUT2D eigenvalue weighted by atomic mass is 10.1. The second-order valence-electron chi connectivity index (χ2n) is 7.85. The van der Waals surface area contributed by atoms with Gasteiger partial charge in [-0.05, 0) is 30.6 Å². The lowest BCUT2D eigenvalue weighted by molar-refractivity contribution is 0.0889. The van der Waals surface area contributed by atoms with Gasteiger partial charge in [0, 0.05) is 6.54 Å². The molecule has 0 unspecified atom stereocenters. The van der Waals surface area contributed by atoms with Crippen molar-refractivity contribution in [3.05, 3.63) is 35.9 Å². The van der Waals surface area contributed by atoms with E-state index < -0.39 is 8.32 Å². The highest BCUT2D eigenvalue weighted by atomic mass is 28.4. The van der Waals surface area contributed by atoms with Crippen molar-refractivity contribution in [2.75, 3.05) is 6.61 Å². The normalized spacial score (nSPS) is 22.3. The van der Waals surface area contributed by atoms with Crippen molar-refractivity contribution >= 4 is 14.4 Å². The Morgan fingerprint density at radius 1 is 1.22 bits per heavy atom. The largest absolute Gasteiger partial charge is 0.441 e. The third-order valence-corrected chi connectivity index (χ3v) is 9.63. The van der Waals surface area contributed by atoms with Crippen LogP contribution in [-0.2, 0) is 15.7 Å². The fourth-order valence-electron chi connectivity index (χ4n) is 2.33. The van der Waals surface area contributed by atoms with Gasteiger partial charge in [-0.3, -0.25) is 4.90 Å². The molecule has 0 spiro atoms. The van der Waals surface area contributed by atoms with Gasteiger partial charge in [0.05, 0.1) is 12.6 Å². The van der Waals surface area contributed by atoms with Gasteiger partial charge >= 0.3 is 6.09 Å². The quantitative estimate of drug-likeness (QED) is 0.748. The summed E-state index contributed by atoms with van der Waals surface area (Å²) in [4.78, 5) is 14.0. The Hall–Kier alpha value is -1.33. The standard InChI is InChI=1S/C18H29NO3Si/c1-14-16(13-21-23(5,6)18(2,3)4)22-17(20)19(14)12-15-10-8-7-9-11-15/h7-11,14,16H,12-13H2,1-6H3/t14-,16+/m0/s1. The molecule has 1 saturated heterocycles. The zero-order valence-electron chi connectivity index (χ0n) is 15.1. The predicted octanol–water partition coefficient (Wildman–Crippen LogP) is 4.42. The van der Waals surface area contributed by atoms with Crippen LogP contribution in [0.1, 0.15) is 33.3 Å². The van der Waals surface area contributed by atoms with Crippen LogP contribution in [0.3, 0.4) is 0 Å². The first kappa shape index (κ1) is 18.0. The number of hydrogen-bond donors (Lipinski definition) is 0. The van der Waals surface area contributed by atoms with E-state index in [2.05, 4.69) is 33.9 Å². The third kappa shape index (κ3) is 4.15. The van der Waals surface area contributed by atoms with Crippen molar-refractivity contribution in [2.24, 2.45) is 0 Å². The predicted molar refractivity (Wildman–Crippen MR) is 94.9 cm³/mol. The molecule has 1 aromatic carbocycles. The summed E-state index contributed by atoms with van der Waals surface area (Å²) < 4.78 is 11.8. The number of cyclic esters (lactones) is 1. The highest BCUT2D eigenvalue weighted by Crippen LogP contribution is 2.37. The van der Waals surface area contributed by atoms with Crippen LogP contribution in [-0.4, -0.2) is 38.1 Å². The Kier molecular flexibility index (Phi) is 5.21. The molecule has 1 heterocycles. The molecule has 23 heavy (non-hydrogen) atoms. The number of benzene rings is 1. The van der Waals surface area contributed by atoms with Crippen LogP contribution < -0.4 is 0 Å². The molecule has 1 fully saturated rings. The van der Waals surface area contributed by atoms with Gasteiger partial charge in [0.25, 0.3) is 0 Å². The van der Waals surface area contributed by atoms with E-state index in [0.717, 1.165) is 5.56 Å². The summed E-state index contributed by atoms with van der Waals surface area (Å²) in [6.45, 7) is 14.2. The first-order chi connectivity index (χ1) is 10.6. The van der Waals surface area contributed by atoms with Gasteiger partial charge in [-0.2, -0.15) is 0 Å². The number of hydrogen-bond acceptors (Lipinski definition) is 3. The summed E-state index contributed by atoms with van der Waals surface area (Å²) in [5.74, 6) is 0. The van der Waals surface area contributed by atoms with Gasteiger partial charge < -0.3 is 9.16 Å². The summed E-state index contributed by atoms with van der Waals surface area (Å²) in [6.07, 6.45) is -0.439. The summed E-state index contributed by atoms with van der Waals surface area (Å²) in [5, 5.41) is 0.155. The van der Waals surface area contributed by atoms with E-state index >= 15 is 0 Å². The van der Waals surface area contributed by atoms with Gasteiger partial charge in [0.2, 0.25) is 0 Å². The Labute approximate surface area is 140 Å². The average molecular weight is 336 g/mol. The molecule has 0 aliphatic carbocycles. The summed E-state index contributed by atoms with van der Waals surface area (Å²) in [7, 11) is -1.83. The number of carbonyl (C=O) groups excluding carboxylic acids is 1. The zero-order chi connectivity index (χ0) is 17.3. The minimum Gasteiger partial charge on any atom is -0.441 e. The molecule has 2 rings (SSSR count). The molecular weight excluding hydrogens is 306 g/mol. The smallest absolute Gasteiger partial charge is 0.410 e. The number of nitrogens with zero attached hydrogens (tertiary/aromatic N) is 1. The van der Waals surface area contributed by atoms with Gasteiger partial charge in [0.1, 0.15) is 6.10 Å². The van der Waals surface area contributed by atoms with E-state index in [4.69, 9.17) is 9.16 Å². The molecule has 2 atom stereocenters. The van der Waals surface area contributed by atoms with Crippen LogP contribution in [0.5, 0.6) is 0 Å². The lowest BCUT2D eigenvalue weighted by Crippen LogP contribution is -2.44. The van der Waals surface area contributed by atoms with Crippen molar-refractivity contribution in [1.29, 1.82) is 0 Å². The van der Waals surface area contributed by atoms with Crippen LogP contribution >= 0.6 is 0 Å². The van der Waals surface area contributed by atoms with Gasteiger partial charge in [0.15, 0.2) is 8.32 Å². The molecule has 0 radical (unpaired) electrons. The number of carbonyl (C=O) groups is 1. The lowest BCUT2D eigenvalue weighted by Gasteiger charge is -2.37. The van der Waals surface area contributed by atoms with Crippen molar-refractivity contribution < 1.29 is 14.0 Å². The van der Waals surface area contributed by atoms with Crippen molar-refractivity contribution in [3.63, 3.8) is 0 Å². The highest BCUT2D eigenvalue weighted by Gasteiger charge is 2.42. The van der Waals surface area contributed by atoms with Crippen LogP contribution in [0.15, 0.2) is 30.3 Å². The topological polar surface area (TPSA) is 38.8 Å². The van der Waals surface area contributed by atoms with Gasteiger partial charge in [-0.25, -0.2) is 4.79 Å². The minimum absolute atomic E-state index is 0.0208. The van der Waals surface area contributed by atoms with Gasteiger partial charge in [-0.15, -0.1) is 0 Å². The Balaban J connectivity index is 1.97. The molecule has 128 valence electrons. The van der Waals surface area contributed by atoms with Crippen molar-refractivity contribution in [2.45, 2.75) is 64.5 Å². The van der Waals surface area contributed by atoms with E-state index in [1.54, 1.807) is 4.90 Å². The Bertz CT molecular complexity index is 539. The maximum Gasteiger partial charge on any atom is 0.410 e. The van der Waals surface area contributed by atoms with Crippen LogP contribution in [0.2, 0.25) is 18.1 Å². The first-order valence-corrected chi connectivity index (χ1v) is 11.2. The fraction of sp³-hybridized carbons (Fsp3) is 0.611. The van der Waals surface area contributed by atoms with Crippen LogP contribution in [0, 0.1) is 0 Å². The first-order valence-electron chi connectivity index (χ1n) is 8.27. The second-order valence-corrected chi connectivity index (χ2v) is 12.7. The van der Waals surface area contributed by atoms with E-state index in [0.29, 0.717) is 13.2 Å². The Morgan fingerprint density at radius 3 is 2.39 bits per heavy atom. The molecule has 4 nitrogen and oxygen atoms in total. The molecular formula is C18H29NO3Si. The van der Waals surface area contributed by atoms with Crippen molar-refractivity contribution in [3.8, 4) is 0 Å². The Morgan fingerprint density at radius 2 is 1.83 bits per heavy atom. The molecule has 0 aromatic heterocycles. The molecule has 0 N–H and O–H groups in total. The van der Waals surface area contributed by atoms with E-state index in [9.17, 15) is 4.79 Å². The highest BCUT2D eigenvalue weighted by molar-refractivity contribution is 6.74. The maximum atomic E-state index is 12.2. The summed E-state index contributed by atoms with van der Waals surface area (Å²) >= 11 is 0. The molecule has 1 aliphatic heterocycles. The molecule has 1 amide bonds. The zero-order valence-corrected chi connectivity index (χ0v) is 16.1. The summed E-state index contributed by atoms with van der Waals surface area (Å²) in [6, 6.07) is 10.0. The maximum absolute atomic E-state index is 12.2. The minimum atomic E-state index is -1.83. The molecule has 1 aliphatic rings. The number of amides is 1. The summed E-state index contributed by atoms with van der Waals surface area (Å²) in [5.41, 5.74) is 1.11.